The summed E-state index contributed by atoms with van der Waals surface area (Å²) in [7, 11) is 2.04. The van der Waals surface area contributed by atoms with E-state index in [1.807, 2.05) is 43.0 Å². The van der Waals surface area contributed by atoms with Gasteiger partial charge in [-0.3, -0.25) is 9.88 Å². The lowest BCUT2D eigenvalue weighted by atomic mass is 9.92. The van der Waals surface area contributed by atoms with Gasteiger partial charge in [0.25, 0.3) is 0 Å². The predicted molar refractivity (Wildman–Crippen MR) is 130 cm³/mol. The summed E-state index contributed by atoms with van der Waals surface area (Å²) in [6.07, 6.45) is 7.46. The third-order valence-corrected chi connectivity index (χ3v) is 6.36. The molecule has 3 aromatic heterocycles. The molecule has 1 aliphatic rings. The quantitative estimate of drug-likeness (QED) is 0.309. The molecule has 4 aromatic rings. The molecule has 0 bridgehead atoms. The molecule has 1 aliphatic heterocycles. The summed E-state index contributed by atoms with van der Waals surface area (Å²) in [6.45, 7) is 3.10. The Kier molecular flexibility index (Phi) is 5.87. The molecule has 4 heterocycles. The molecule has 5 rings (SSSR count). The summed E-state index contributed by atoms with van der Waals surface area (Å²) in [5, 5.41) is 27.9. The number of phenols is 2. The lowest BCUT2D eigenvalue weighted by Gasteiger charge is -2.32. The number of phenolic OH excluding ortho intramolecular Hbond substituents is 2. The second-order valence-electron chi connectivity index (χ2n) is 8.68. The fraction of sp³-hybridized carbons (Fsp3) is 0.292. The number of rotatable bonds is 6. The number of likely N-dealkylation sites (tertiary alicyclic amines) is 1. The van der Waals surface area contributed by atoms with Crippen LogP contribution in [0.3, 0.4) is 0 Å². The van der Waals surface area contributed by atoms with E-state index in [2.05, 4.69) is 26.4 Å². The number of fused-ring (bicyclic) bond motifs is 1. The molecule has 9 heteroatoms. The number of benzene rings is 1. The van der Waals surface area contributed by atoms with Crippen LogP contribution in [0.5, 0.6) is 11.5 Å². The van der Waals surface area contributed by atoms with E-state index in [1.165, 1.54) is 6.07 Å². The van der Waals surface area contributed by atoms with Crippen LogP contribution < -0.4 is 10.8 Å². The van der Waals surface area contributed by atoms with Crippen molar-refractivity contribution in [2.75, 3.05) is 18.4 Å². The summed E-state index contributed by atoms with van der Waals surface area (Å²) >= 11 is 0. The van der Waals surface area contributed by atoms with Crippen LogP contribution in [0.15, 0.2) is 55.0 Å². The monoisotopic (exact) mass is 442 g/mol. The molecule has 0 saturated carbocycles. The lowest BCUT2D eigenvalue weighted by molar-refractivity contribution is 0.201. The highest BCUT2D eigenvalue weighted by molar-refractivity contribution is 6.36. The summed E-state index contributed by atoms with van der Waals surface area (Å²) < 4.78 is 1.87. The molecule has 1 saturated heterocycles. The SMILES string of the molecule is Bc1cnn2c(NCc3cccnc3)cc(C3CCN(Cc4cccc(O)c4O)CC3)nc12. The van der Waals surface area contributed by atoms with E-state index in [0.29, 0.717) is 19.0 Å². The Bertz CT molecular complexity index is 1250. The number of nitrogens with zero attached hydrogens (tertiary/aromatic N) is 5. The Hall–Kier alpha value is -3.59. The van der Waals surface area contributed by atoms with E-state index in [0.717, 1.165) is 59.7 Å². The van der Waals surface area contributed by atoms with Crippen LogP contribution in [-0.2, 0) is 13.1 Å². The van der Waals surface area contributed by atoms with Crippen molar-refractivity contribution >= 4 is 24.8 Å². The van der Waals surface area contributed by atoms with Crippen molar-refractivity contribution in [1.82, 2.24) is 24.5 Å². The number of aromatic hydroxyl groups is 2. The smallest absolute Gasteiger partial charge is 0.161 e. The van der Waals surface area contributed by atoms with Crippen molar-refractivity contribution in [3.63, 3.8) is 0 Å². The van der Waals surface area contributed by atoms with Crippen LogP contribution in [-0.4, -0.2) is 55.6 Å². The zero-order valence-electron chi connectivity index (χ0n) is 18.6. The number of piperidine rings is 1. The molecule has 33 heavy (non-hydrogen) atoms. The Labute approximate surface area is 193 Å². The van der Waals surface area contributed by atoms with Crippen LogP contribution in [0.4, 0.5) is 5.82 Å². The van der Waals surface area contributed by atoms with Gasteiger partial charge in [0.15, 0.2) is 17.1 Å². The number of nitrogens with one attached hydrogen (secondary N) is 1. The van der Waals surface area contributed by atoms with Crippen LogP contribution >= 0.6 is 0 Å². The van der Waals surface area contributed by atoms with E-state index in [-0.39, 0.29) is 11.5 Å². The maximum Gasteiger partial charge on any atom is 0.161 e. The fourth-order valence-electron chi connectivity index (χ4n) is 4.45. The van der Waals surface area contributed by atoms with E-state index >= 15 is 0 Å². The minimum absolute atomic E-state index is 0.0210. The molecule has 0 unspecified atom stereocenters. The van der Waals surface area contributed by atoms with Gasteiger partial charge in [0, 0.05) is 54.9 Å². The molecule has 0 aliphatic carbocycles. The molecular weight excluding hydrogens is 415 g/mol. The Morgan fingerprint density at radius 3 is 2.73 bits per heavy atom. The number of para-hydroxylation sites is 1. The second-order valence-corrected chi connectivity index (χ2v) is 8.68. The first-order chi connectivity index (χ1) is 16.1. The van der Waals surface area contributed by atoms with Crippen molar-refractivity contribution in [2.45, 2.75) is 31.8 Å². The minimum atomic E-state index is -0.0672. The second kappa shape index (κ2) is 9.11. The maximum atomic E-state index is 10.1. The first kappa shape index (κ1) is 21.3. The van der Waals surface area contributed by atoms with Crippen LogP contribution in [0.25, 0.3) is 5.65 Å². The summed E-state index contributed by atoms with van der Waals surface area (Å²) in [5.74, 6) is 1.20. The molecule has 0 atom stereocenters. The Balaban J connectivity index is 1.31. The van der Waals surface area contributed by atoms with Crippen molar-refractivity contribution in [1.29, 1.82) is 0 Å². The van der Waals surface area contributed by atoms with Crippen LogP contribution in [0.2, 0.25) is 0 Å². The fourth-order valence-corrected chi connectivity index (χ4v) is 4.45. The van der Waals surface area contributed by atoms with E-state index in [1.54, 1.807) is 12.3 Å². The van der Waals surface area contributed by atoms with Crippen molar-refractivity contribution < 1.29 is 10.2 Å². The molecule has 1 aromatic carbocycles. The van der Waals surface area contributed by atoms with Gasteiger partial charge in [-0.05, 0) is 49.1 Å². The largest absolute Gasteiger partial charge is 0.504 e. The van der Waals surface area contributed by atoms with Gasteiger partial charge in [-0.2, -0.15) is 9.61 Å². The minimum Gasteiger partial charge on any atom is -0.504 e. The average Bonchev–Trinajstić information content (AvgIpc) is 3.22. The average molecular weight is 442 g/mol. The van der Waals surface area contributed by atoms with Gasteiger partial charge in [-0.25, -0.2) is 4.98 Å². The summed E-state index contributed by atoms with van der Waals surface area (Å²) in [6, 6.07) is 11.2. The van der Waals surface area contributed by atoms with Crippen molar-refractivity contribution in [3.05, 3.63) is 71.8 Å². The predicted octanol–water partition coefficient (Wildman–Crippen LogP) is 1.79. The highest BCUT2D eigenvalue weighted by Gasteiger charge is 2.24. The Morgan fingerprint density at radius 1 is 1.09 bits per heavy atom. The highest BCUT2D eigenvalue weighted by atomic mass is 16.3. The van der Waals surface area contributed by atoms with Crippen molar-refractivity contribution in [3.8, 4) is 11.5 Å². The van der Waals surface area contributed by atoms with Gasteiger partial charge in [-0.15, -0.1) is 0 Å². The van der Waals surface area contributed by atoms with Gasteiger partial charge < -0.3 is 15.5 Å². The number of pyridine rings is 1. The van der Waals surface area contributed by atoms with E-state index < -0.39 is 0 Å². The molecule has 0 amide bonds. The number of hydrogen-bond donors (Lipinski definition) is 3. The first-order valence-corrected chi connectivity index (χ1v) is 11.3. The van der Waals surface area contributed by atoms with Crippen molar-refractivity contribution in [2.24, 2.45) is 0 Å². The normalized spacial score (nSPS) is 15.2. The molecule has 8 nitrogen and oxygen atoms in total. The summed E-state index contributed by atoms with van der Waals surface area (Å²) in [5.41, 5.74) is 4.88. The lowest BCUT2D eigenvalue weighted by Crippen LogP contribution is -2.32. The molecule has 1 fully saturated rings. The first-order valence-electron chi connectivity index (χ1n) is 11.3. The molecule has 0 spiro atoms. The topological polar surface area (TPSA) is 98.8 Å². The third kappa shape index (κ3) is 4.49. The van der Waals surface area contributed by atoms with E-state index in [4.69, 9.17) is 4.98 Å². The van der Waals surface area contributed by atoms with E-state index in [9.17, 15) is 10.2 Å². The van der Waals surface area contributed by atoms with Gasteiger partial charge in [-0.1, -0.05) is 18.2 Å². The van der Waals surface area contributed by atoms with Crippen LogP contribution in [0.1, 0.15) is 35.6 Å². The highest BCUT2D eigenvalue weighted by Crippen LogP contribution is 2.32. The van der Waals surface area contributed by atoms with Gasteiger partial charge in [0.2, 0.25) is 0 Å². The van der Waals surface area contributed by atoms with Gasteiger partial charge in [0.1, 0.15) is 13.7 Å². The third-order valence-electron chi connectivity index (χ3n) is 6.36. The van der Waals surface area contributed by atoms with Gasteiger partial charge in [0.05, 0.1) is 0 Å². The standard InChI is InChI=1S/C24H27BN6O2/c25-19-14-28-31-22(27-13-16-3-2-8-26-12-16)11-20(29-24(19)31)17-6-9-30(10-7-17)15-18-4-1-5-21(32)23(18)33/h1-5,8,11-12,14,17,27,32-33H,6-7,9-10,13,15,25H2. The molecule has 3 N–H and O–H groups in total. The molecular formula is C24H27BN6O2. The van der Waals surface area contributed by atoms with Crippen LogP contribution in [0, 0.1) is 0 Å². The van der Waals surface area contributed by atoms with Gasteiger partial charge >= 0.3 is 0 Å². The molecule has 168 valence electrons. The Morgan fingerprint density at radius 2 is 1.94 bits per heavy atom. The number of hydrogen-bond acceptors (Lipinski definition) is 7. The number of aromatic nitrogens is 4. The maximum absolute atomic E-state index is 10.1. The number of anilines is 1. The molecule has 0 radical (unpaired) electrons. The zero-order valence-corrected chi connectivity index (χ0v) is 18.6. The zero-order chi connectivity index (χ0) is 22.8. The summed E-state index contributed by atoms with van der Waals surface area (Å²) in [4.78, 5) is 11.5.